The summed E-state index contributed by atoms with van der Waals surface area (Å²) in [5, 5.41) is 3.26. The third kappa shape index (κ3) is 3.91. The minimum absolute atomic E-state index is 0.00705. The van der Waals surface area contributed by atoms with Crippen LogP contribution in [0, 0.1) is 5.92 Å². The molecule has 1 aliphatic heterocycles. The number of amides is 2. The second-order valence-corrected chi connectivity index (χ2v) is 9.11. The molecule has 142 valence electrons. The Bertz CT molecular complexity index is 1060. The molecule has 0 saturated carbocycles. The standard InChI is InChI=1S/C17H13Cl3N2O4S/c1-9-8-27(25,26)22(17(9)24)11-3-4-12(14(19)7-11)16(23)21-10-2-5-13(18)15(20)6-10/h2-7,9H,8H2,1H3,(H,21,23). The highest BCUT2D eigenvalue weighted by Gasteiger charge is 2.42. The molecule has 6 nitrogen and oxygen atoms in total. The van der Waals surface area contributed by atoms with Crippen LogP contribution >= 0.6 is 34.8 Å². The van der Waals surface area contributed by atoms with E-state index in [0.29, 0.717) is 10.7 Å². The van der Waals surface area contributed by atoms with Crippen LogP contribution < -0.4 is 9.62 Å². The smallest absolute Gasteiger partial charge is 0.257 e. The minimum Gasteiger partial charge on any atom is -0.322 e. The van der Waals surface area contributed by atoms with Gasteiger partial charge in [0.1, 0.15) is 0 Å². The summed E-state index contributed by atoms with van der Waals surface area (Å²) < 4.78 is 25.1. The minimum atomic E-state index is -3.75. The number of benzene rings is 2. The first-order valence-corrected chi connectivity index (χ1v) is 10.5. The lowest BCUT2D eigenvalue weighted by atomic mass is 10.1. The molecule has 2 aromatic carbocycles. The largest absolute Gasteiger partial charge is 0.322 e. The van der Waals surface area contributed by atoms with E-state index in [1.165, 1.54) is 30.3 Å². The van der Waals surface area contributed by atoms with E-state index in [1.54, 1.807) is 13.0 Å². The lowest BCUT2D eigenvalue weighted by Gasteiger charge is -2.16. The molecule has 3 rings (SSSR count). The number of carbonyl (C=O) groups is 2. The summed E-state index contributed by atoms with van der Waals surface area (Å²) in [7, 11) is -3.75. The van der Waals surface area contributed by atoms with Crippen molar-refractivity contribution in [3.8, 4) is 0 Å². The second-order valence-electron chi connectivity index (χ2n) is 6.03. The van der Waals surface area contributed by atoms with Crippen molar-refractivity contribution in [3.63, 3.8) is 0 Å². The molecule has 1 unspecified atom stereocenters. The first kappa shape index (κ1) is 19.9. The van der Waals surface area contributed by atoms with Gasteiger partial charge in [0, 0.05) is 5.69 Å². The van der Waals surface area contributed by atoms with Gasteiger partial charge in [0.15, 0.2) is 0 Å². The van der Waals surface area contributed by atoms with E-state index in [2.05, 4.69) is 5.32 Å². The van der Waals surface area contributed by atoms with Crippen LogP contribution in [0.2, 0.25) is 15.1 Å². The third-order valence-corrected chi connectivity index (χ3v) is 6.89. The van der Waals surface area contributed by atoms with Crippen LogP contribution in [0.3, 0.4) is 0 Å². The van der Waals surface area contributed by atoms with Gasteiger partial charge in [-0.3, -0.25) is 9.59 Å². The summed E-state index contributed by atoms with van der Waals surface area (Å²) in [6.07, 6.45) is 0. The molecule has 1 N–H and O–H groups in total. The molecular weight excluding hydrogens is 435 g/mol. The zero-order valence-corrected chi connectivity index (χ0v) is 17.0. The first-order valence-electron chi connectivity index (χ1n) is 7.73. The molecule has 1 fully saturated rings. The van der Waals surface area contributed by atoms with E-state index in [9.17, 15) is 18.0 Å². The van der Waals surface area contributed by atoms with Crippen LogP contribution in [0.25, 0.3) is 0 Å². The second kappa shape index (κ2) is 7.31. The highest BCUT2D eigenvalue weighted by atomic mass is 35.5. The summed E-state index contributed by atoms with van der Waals surface area (Å²) in [6, 6.07) is 8.60. The molecule has 10 heteroatoms. The fourth-order valence-electron chi connectivity index (χ4n) is 2.67. The number of rotatable bonds is 3. The quantitative estimate of drug-likeness (QED) is 0.764. The topological polar surface area (TPSA) is 83.6 Å². The highest BCUT2D eigenvalue weighted by molar-refractivity contribution is 7.94. The zero-order valence-electron chi connectivity index (χ0n) is 13.9. The molecular formula is C17H13Cl3N2O4S. The Morgan fingerprint density at radius 3 is 2.33 bits per heavy atom. The Morgan fingerprint density at radius 1 is 1.07 bits per heavy atom. The number of nitrogens with zero attached hydrogens (tertiary/aromatic N) is 1. The van der Waals surface area contributed by atoms with Gasteiger partial charge < -0.3 is 5.32 Å². The average Bonchev–Trinajstić information content (AvgIpc) is 2.78. The van der Waals surface area contributed by atoms with Gasteiger partial charge in [0.25, 0.3) is 5.91 Å². The third-order valence-electron chi connectivity index (χ3n) is 3.97. The number of anilines is 2. The van der Waals surface area contributed by atoms with Gasteiger partial charge in [0.05, 0.1) is 38.0 Å². The van der Waals surface area contributed by atoms with Gasteiger partial charge in [0.2, 0.25) is 15.9 Å². The number of nitrogens with one attached hydrogen (secondary N) is 1. The predicted molar refractivity (Wildman–Crippen MR) is 106 cm³/mol. The van der Waals surface area contributed by atoms with E-state index in [1.807, 2.05) is 0 Å². The van der Waals surface area contributed by atoms with Crippen LogP contribution in [0.5, 0.6) is 0 Å². The van der Waals surface area contributed by atoms with E-state index < -0.39 is 27.8 Å². The summed E-state index contributed by atoms with van der Waals surface area (Å²) in [5.74, 6) is -1.94. The molecule has 2 amide bonds. The maximum Gasteiger partial charge on any atom is 0.257 e. The van der Waals surface area contributed by atoms with Gasteiger partial charge in [-0.2, -0.15) is 0 Å². The van der Waals surface area contributed by atoms with Crippen molar-refractivity contribution in [1.82, 2.24) is 0 Å². The average molecular weight is 448 g/mol. The number of hydrogen-bond acceptors (Lipinski definition) is 4. The molecule has 2 aromatic rings. The molecule has 0 aliphatic carbocycles. The maximum absolute atomic E-state index is 12.4. The Hall–Kier alpha value is -1.80. The SMILES string of the molecule is CC1CS(=O)(=O)N(c2ccc(C(=O)Nc3ccc(Cl)c(Cl)c3)c(Cl)c2)C1=O. The fraction of sp³-hybridized carbons (Fsp3) is 0.176. The van der Waals surface area contributed by atoms with Gasteiger partial charge in [-0.1, -0.05) is 41.7 Å². The van der Waals surface area contributed by atoms with Crippen molar-refractivity contribution < 1.29 is 18.0 Å². The van der Waals surface area contributed by atoms with E-state index >= 15 is 0 Å². The number of sulfonamides is 1. The number of carbonyl (C=O) groups excluding carboxylic acids is 2. The Morgan fingerprint density at radius 2 is 1.78 bits per heavy atom. The maximum atomic E-state index is 12.4. The fourth-order valence-corrected chi connectivity index (χ4v) is 5.04. The van der Waals surface area contributed by atoms with E-state index in [0.717, 1.165) is 4.31 Å². The van der Waals surface area contributed by atoms with E-state index in [4.69, 9.17) is 34.8 Å². The summed E-state index contributed by atoms with van der Waals surface area (Å²) in [5.41, 5.74) is 0.629. The zero-order chi connectivity index (χ0) is 19.9. The number of hydrogen-bond donors (Lipinski definition) is 1. The van der Waals surface area contributed by atoms with Crippen molar-refractivity contribution in [2.45, 2.75) is 6.92 Å². The number of halogens is 3. The van der Waals surface area contributed by atoms with E-state index in [-0.39, 0.29) is 27.0 Å². The normalized spacial score (nSPS) is 18.6. The van der Waals surface area contributed by atoms with Crippen molar-refractivity contribution in [1.29, 1.82) is 0 Å². The van der Waals surface area contributed by atoms with Crippen LogP contribution in [0.4, 0.5) is 11.4 Å². The lowest BCUT2D eigenvalue weighted by Crippen LogP contribution is -2.30. The molecule has 1 heterocycles. The van der Waals surface area contributed by atoms with Crippen LogP contribution in [0.15, 0.2) is 36.4 Å². The van der Waals surface area contributed by atoms with Gasteiger partial charge in [-0.05, 0) is 36.4 Å². The van der Waals surface area contributed by atoms with Gasteiger partial charge >= 0.3 is 0 Å². The molecule has 1 atom stereocenters. The molecule has 1 saturated heterocycles. The Balaban J connectivity index is 1.87. The van der Waals surface area contributed by atoms with Crippen molar-refractivity contribution >= 4 is 68.0 Å². The molecule has 27 heavy (non-hydrogen) atoms. The van der Waals surface area contributed by atoms with Crippen LogP contribution in [-0.2, 0) is 14.8 Å². The molecule has 0 radical (unpaired) electrons. The molecule has 0 bridgehead atoms. The first-order chi connectivity index (χ1) is 12.6. The van der Waals surface area contributed by atoms with Gasteiger partial charge in [-0.15, -0.1) is 0 Å². The van der Waals surface area contributed by atoms with Crippen molar-refractivity contribution in [3.05, 3.63) is 57.0 Å². The molecule has 1 aliphatic rings. The van der Waals surface area contributed by atoms with Crippen LogP contribution in [-0.4, -0.2) is 26.0 Å². The van der Waals surface area contributed by atoms with Crippen molar-refractivity contribution in [2.75, 3.05) is 15.4 Å². The van der Waals surface area contributed by atoms with Crippen molar-refractivity contribution in [2.24, 2.45) is 5.92 Å². The lowest BCUT2D eigenvalue weighted by molar-refractivity contribution is -0.119. The predicted octanol–water partition coefficient (Wildman–Crippen LogP) is 4.21. The Kier molecular flexibility index (Phi) is 5.40. The molecule has 0 aromatic heterocycles. The summed E-state index contributed by atoms with van der Waals surface area (Å²) >= 11 is 17.9. The Labute approximate surface area is 171 Å². The van der Waals surface area contributed by atoms with Crippen LogP contribution in [0.1, 0.15) is 17.3 Å². The van der Waals surface area contributed by atoms with Gasteiger partial charge in [-0.25, -0.2) is 12.7 Å². The highest BCUT2D eigenvalue weighted by Crippen LogP contribution is 2.32. The monoisotopic (exact) mass is 446 g/mol. The summed E-state index contributed by atoms with van der Waals surface area (Å²) in [6.45, 7) is 1.54. The summed E-state index contributed by atoms with van der Waals surface area (Å²) in [4.78, 5) is 24.6. The molecule has 0 spiro atoms.